The molecule has 0 amide bonds. The molecular weight excluding hydrogens is 208 g/mol. The van der Waals surface area contributed by atoms with Crippen LogP contribution in [-0.2, 0) is 5.60 Å². The van der Waals surface area contributed by atoms with E-state index in [-0.39, 0.29) is 0 Å². The fraction of sp³-hybridized carbons (Fsp3) is 0.538. The second kappa shape index (κ2) is 6.14. The third kappa shape index (κ3) is 3.51. The van der Waals surface area contributed by atoms with E-state index in [0.29, 0.717) is 5.88 Å². The summed E-state index contributed by atoms with van der Waals surface area (Å²) in [4.78, 5) is 0. The van der Waals surface area contributed by atoms with Crippen LogP contribution >= 0.6 is 11.6 Å². The first kappa shape index (κ1) is 12.5. The first-order chi connectivity index (χ1) is 7.23. The summed E-state index contributed by atoms with van der Waals surface area (Å²) < 4.78 is 0. The Morgan fingerprint density at radius 1 is 1.20 bits per heavy atom. The van der Waals surface area contributed by atoms with Crippen LogP contribution in [0.3, 0.4) is 0 Å². The first-order valence-corrected chi connectivity index (χ1v) is 6.10. The lowest BCUT2D eigenvalue weighted by Crippen LogP contribution is -2.24. The van der Waals surface area contributed by atoms with Crippen molar-refractivity contribution in [2.75, 3.05) is 5.88 Å². The van der Waals surface area contributed by atoms with Crippen LogP contribution in [0.25, 0.3) is 0 Å². The van der Waals surface area contributed by atoms with Gasteiger partial charge in [0.2, 0.25) is 0 Å². The largest absolute Gasteiger partial charge is 0.385 e. The van der Waals surface area contributed by atoms with Gasteiger partial charge in [0, 0.05) is 5.88 Å². The molecule has 84 valence electrons. The number of alkyl halides is 1. The molecule has 1 atom stereocenters. The molecule has 1 unspecified atom stereocenters. The van der Waals surface area contributed by atoms with Crippen LogP contribution in [-0.4, -0.2) is 11.0 Å². The number of hydrogen-bond donors (Lipinski definition) is 1. The van der Waals surface area contributed by atoms with Crippen LogP contribution < -0.4 is 0 Å². The second-order valence-electron chi connectivity index (χ2n) is 3.90. The molecule has 0 aromatic heterocycles. The Balaban J connectivity index is 2.67. The lowest BCUT2D eigenvalue weighted by atomic mass is 9.86. The lowest BCUT2D eigenvalue weighted by Gasteiger charge is -2.27. The summed E-state index contributed by atoms with van der Waals surface area (Å²) in [6.07, 6.45) is 3.49. The van der Waals surface area contributed by atoms with Crippen molar-refractivity contribution >= 4 is 11.6 Å². The van der Waals surface area contributed by atoms with Crippen LogP contribution in [0.1, 0.15) is 38.2 Å². The molecule has 15 heavy (non-hydrogen) atoms. The van der Waals surface area contributed by atoms with Gasteiger partial charge in [0.05, 0.1) is 5.60 Å². The number of unbranched alkanes of at least 4 members (excludes halogenated alkanes) is 1. The molecule has 0 aliphatic carbocycles. The maximum absolute atomic E-state index is 10.5. The van der Waals surface area contributed by atoms with E-state index in [4.69, 9.17) is 11.6 Å². The fourth-order valence-electron chi connectivity index (χ4n) is 1.79. The van der Waals surface area contributed by atoms with Gasteiger partial charge in [-0.25, -0.2) is 0 Å². The number of halogens is 1. The number of benzene rings is 1. The lowest BCUT2D eigenvalue weighted by molar-refractivity contribution is 0.0212. The summed E-state index contributed by atoms with van der Waals surface area (Å²) in [6, 6.07) is 9.89. The molecule has 0 heterocycles. The van der Waals surface area contributed by atoms with Crippen LogP contribution in [0, 0.1) is 0 Å². The molecule has 0 fully saturated rings. The zero-order valence-corrected chi connectivity index (χ0v) is 10.0. The Morgan fingerprint density at radius 3 is 2.40 bits per heavy atom. The van der Waals surface area contributed by atoms with Gasteiger partial charge >= 0.3 is 0 Å². The molecule has 1 rings (SSSR count). The molecule has 2 heteroatoms. The summed E-state index contributed by atoms with van der Waals surface area (Å²) in [7, 11) is 0. The van der Waals surface area contributed by atoms with E-state index in [0.717, 1.165) is 31.2 Å². The van der Waals surface area contributed by atoms with E-state index in [1.165, 1.54) is 0 Å². The molecular formula is C13H19ClO. The van der Waals surface area contributed by atoms with Gasteiger partial charge in [-0.2, -0.15) is 0 Å². The molecule has 0 spiro atoms. The van der Waals surface area contributed by atoms with Gasteiger partial charge in [-0.05, 0) is 31.2 Å². The van der Waals surface area contributed by atoms with Crippen molar-refractivity contribution in [1.29, 1.82) is 0 Å². The quantitative estimate of drug-likeness (QED) is 0.580. The Morgan fingerprint density at radius 2 is 1.87 bits per heavy atom. The zero-order valence-electron chi connectivity index (χ0n) is 9.25. The van der Waals surface area contributed by atoms with Crippen molar-refractivity contribution in [3.05, 3.63) is 35.9 Å². The molecule has 1 aromatic rings. The Kier molecular flexibility index (Phi) is 5.13. The highest BCUT2D eigenvalue weighted by atomic mass is 35.5. The highest BCUT2D eigenvalue weighted by Crippen LogP contribution is 2.30. The third-order valence-electron chi connectivity index (χ3n) is 2.87. The highest BCUT2D eigenvalue weighted by molar-refractivity contribution is 6.17. The predicted molar refractivity (Wildman–Crippen MR) is 65.2 cm³/mol. The summed E-state index contributed by atoms with van der Waals surface area (Å²) in [5, 5.41) is 10.5. The molecule has 0 saturated carbocycles. The van der Waals surface area contributed by atoms with Gasteiger partial charge in [-0.1, -0.05) is 37.3 Å². The maximum atomic E-state index is 10.5. The molecule has 1 aromatic carbocycles. The van der Waals surface area contributed by atoms with Crippen LogP contribution in [0.5, 0.6) is 0 Å². The van der Waals surface area contributed by atoms with Crippen LogP contribution in [0.15, 0.2) is 30.3 Å². The average molecular weight is 227 g/mol. The molecule has 0 aliphatic heterocycles. The normalized spacial score (nSPS) is 14.9. The molecule has 1 N–H and O–H groups in total. The van der Waals surface area contributed by atoms with Crippen LogP contribution in [0.4, 0.5) is 0 Å². The molecule has 1 nitrogen and oxygen atoms in total. The minimum atomic E-state index is -0.673. The third-order valence-corrected chi connectivity index (χ3v) is 3.14. The first-order valence-electron chi connectivity index (χ1n) is 5.57. The minimum Gasteiger partial charge on any atom is -0.385 e. The average Bonchev–Trinajstić information content (AvgIpc) is 2.30. The SMILES string of the molecule is CCC(O)(CCCCCl)c1ccccc1. The Labute approximate surface area is 97.1 Å². The monoisotopic (exact) mass is 226 g/mol. The van der Waals surface area contributed by atoms with Crippen molar-refractivity contribution < 1.29 is 5.11 Å². The Hall–Kier alpha value is -0.530. The maximum Gasteiger partial charge on any atom is 0.0894 e. The van der Waals surface area contributed by atoms with E-state index < -0.39 is 5.60 Å². The number of rotatable bonds is 6. The standard InChI is InChI=1S/C13H19ClO/c1-2-13(15,10-6-7-11-14)12-8-4-3-5-9-12/h3-5,8-9,15H,2,6-7,10-11H2,1H3. The Bertz CT molecular complexity index is 273. The molecule has 0 saturated heterocycles. The topological polar surface area (TPSA) is 20.2 Å². The minimum absolute atomic E-state index is 0.673. The van der Waals surface area contributed by atoms with Gasteiger partial charge < -0.3 is 5.11 Å². The van der Waals surface area contributed by atoms with Crippen molar-refractivity contribution in [3.63, 3.8) is 0 Å². The van der Waals surface area contributed by atoms with E-state index in [1.54, 1.807) is 0 Å². The molecule has 0 radical (unpaired) electrons. The summed E-state index contributed by atoms with van der Waals surface area (Å²) in [5.41, 5.74) is 0.343. The van der Waals surface area contributed by atoms with E-state index in [1.807, 2.05) is 37.3 Å². The second-order valence-corrected chi connectivity index (χ2v) is 4.28. The number of aliphatic hydroxyl groups is 1. The zero-order chi connectivity index (χ0) is 11.1. The van der Waals surface area contributed by atoms with E-state index >= 15 is 0 Å². The van der Waals surface area contributed by atoms with Crippen molar-refractivity contribution in [2.24, 2.45) is 0 Å². The van der Waals surface area contributed by atoms with E-state index in [2.05, 4.69) is 0 Å². The van der Waals surface area contributed by atoms with Gasteiger partial charge in [0.1, 0.15) is 0 Å². The summed E-state index contributed by atoms with van der Waals surface area (Å²) >= 11 is 5.64. The molecule has 0 aliphatic rings. The number of hydrogen-bond acceptors (Lipinski definition) is 1. The van der Waals surface area contributed by atoms with E-state index in [9.17, 15) is 5.11 Å². The summed E-state index contributed by atoms with van der Waals surface area (Å²) in [5.74, 6) is 0.675. The van der Waals surface area contributed by atoms with Gasteiger partial charge in [0.15, 0.2) is 0 Å². The summed E-state index contributed by atoms with van der Waals surface area (Å²) in [6.45, 7) is 2.02. The van der Waals surface area contributed by atoms with Crippen molar-refractivity contribution in [2.45, 2.75) is 38.2 Å². The van der Waals surface area contributed by atoms with Crippen molar-refractivity contribution in [3.8, 4) is 0 Å². The highest BCUT2D eigenvalue weighted by Gasteiger charge is 2.25. The van der Waals surface area contributed by atoms with Gasteiger partial charge in [-0.3, -0.25) is 0 Å². The fourth-order valence-corrected chi connectivity index (χ4v) is 1.97. The van der Waals surface area contributed by atoms with Gasteiger partial charge in [-0.15, -0.1) is 11.6 Å². The van der Waals surface area contributed by atoms with Crippen LogP contribution in [0.2, 0.25) is 0 Å². The predicted octanol–water partition coefficient (Wildman–Crippen LogP) is 3.69. The molecule has 0 bridgehead atoms. The smallest absolute Gasteiger partial charge is 0.0894 e. The van der Waals surface area contributed by atoms with Crippen molar-refractivity contribution in [1.82, 2.24) is 0 Å². The van der Waals surface area contributed by atoms with Gasteiger partial charge in [0.25, 0.3) is 0 Å².